The normalized spacial score (nSPS) is 26.1. The summed E-state index contributed by atoms with van der Waals surface area (Å²) in [5, 5.41) is 2.74. The molecule has 0 spiro atoms. The Morgan fingerprint density at radius 2 is 1.85 bits per heavy atom. The minimum atomic E-state index is -3.64. The topological polar surface area (TPSA) is 108 Å². The van der Waals surface area contributed by atoms with Crippen molar-refractivity contribution in [3.05, 3.63) is 35.9 Å². The second-order valence-corrected chi connectivity index (χ2v) is 7.80. The monoisotopic (exact) mass is 385 g/mol. The molecule has 1 fully saturated rings. The molecule has 0 bridgehead atoms. The van der Waals surface area contributed by atoms with Crippen molar-refractivity contribution in [1.82, 2.24) is 5.32 Å². The molecule has 0 unspecified atom stereocenters. The third-order valence-corrected chi connectivity index (χ3v) is 5.03. The summed E-state index contributed by atoms with van der Waals surface area (Å²) < 4.78 is 38.1. The number of benzene rings is 1. The van der Waals surface area contributed by atoms with E-state index in [0.29, 0.717) is 5.56 Å². The fourth-order valence-corrected chi connectivity index (χ4v) is 3.88. The summed E-state index contributed by atoms with van der Waals surface area (Å²) >= 11 is 0. The zero-order valence-corrected chi connectivity index (χ0v) is 15.7. The number of methoxy groups -OCH3 is 2. The molecule has 1 aromatic carbocycles. The van der Waals surface area contributed by atoms with Crippen molar-refractivity contribution in [2.24, 2.45) is 0 Å². The summed E-state index contributed by atoms with van der Waals surface area (Å²) in [6.07, 6.45) is 0.0140. The van der Waals surface area contributed by atoms with Crippen LogP contribution in [0, 0.1) is 0 Å². The molecule has 1 aliphatic carbocycles. The van der Waals surface area contributed by atoms with E-state index in [4.69, 9.17) is 13.7 Å². The highest BCUT2D eigenvalue weighted by molar-refractivity contribution is 7.86. The molecule has 1 N–H and O–H groups in total. The number of amides is 1. The zero-order chi connectivity index (χ0) is 19.4. The maximum Gasteiger partial charge on any atom is 0.334 e. The number of hydrogen-bond donors (Lipinski definition) is 1. The van der Waals surface area contributed by atoms with Gasteiger partial charge in [0.2, 0.25) is 0 Å². The van der Waals surface area contributed by atoms with E-state index < -0.39 is 39.7 Å². The van der Waals surface area contributed by atoms with Crippen molar-refractivity contribution in [3.8, 4) is 0 Å². The van der Waals surface area contributed by atoms with Crippen LogP contribution in [0.2, 0.25) is 0 Å². The van der Waals surface area contributed by atoms with Gasteiger partial charge in [-0.3, -0.25) is 8.98 Å². The molecule has 2 rings (SSSR count). The van der Waals surface area contributed by atoms with Crippen molar-refractivity contribution >= 4 is 22.0 Å². The van der Waals surface area contributed by atoms with Gasteiger partial charge >= 0.3 is 5.97 Å². The summed E-state index contributed by atoms with van der Waals surface area (Å²) in [5.41, 5.74) is -1.03. The van der Waals surface area contributed by atoms with Crippen LogP contribution in [0.25, 0.3) is 0 Å². The van der Waals surface area contributed by atoms with Gasteiger partial charge < -0.3 is 14.8 Å². The molecule has 0 aromatic heterocycles. The standard InChI is InChI=1S/C17H23NO7S/c1-23-14-11-13(25-26(3,21)22)9-10-17(14,16(20)24-2)18-15(19)12-7-5-4-6-8-12/h4-8,13-14H,9-11H2,1-3H3,(H,18,19)/t13-,14-,17-/m0/s1. The first-order chi connectivity index (χ1) is 12.2. The molecular weight excluding hydrogens is 362 g/mol. The maximum atomic E-state index is 12.6. The highest BCUT2D eigenvalue weighted by Crippen LogP contribution is 2.34. The highest BCUT2D eigenvalue weighted by atomic mass is 32.2. The van der Waals surface area contributed by atoms with E-state index in [1.54, 1.807) is 30.3 Å². The van der Waals surface area contributed by atoms with Crippen molar-refractivity contribution in [1.29, 1.82) is 0 Å². The Labute approximate surface area is 152 Å². The number of rotatable bonds is 6. The second-order valence-electron chi connectivity index (χ2n) is 6.20. The minimum Gasteiger partial charge on any atom is -0.467 e. The van der Waals surface area contributed by atoms with E-state index in [1.165, 1.54) is 14.2 Å². The summed E-state index contributed by atoms with van der Waals surface area (Å²) in [5.74, 6) is -1.09. The molecule has 0 radical (unpaired) electrons. The van der Waals surface area contributed by atoms with Gasteiger partial charge in [-0.15, -0.1) is 0 Å². The number of hydrogen-bond acceptors (Lipinski definition) is 7. The van der Waals surface area contributed by atoms with Gasteiger partial charge in [0.1, 0.15) is 0 Å². The van der Waals surface area contributed by atoms with Gasteiger partial charge in [0, 0.05) is 19.1 Å². The predicted octanol–water partition coefficient (Wildman–Crippen LogP) is 0.872. The van der Waals surface area contributed by atoms with Gasteiger partial charge in [-0.05, 0) is 25.0 Å². The van der Waals surface area contributed by atoms with Crippen LogP contribution in [0.15, 0.2) is 30.3 Å². The predicted molar refractivity (Wildman–Crippen MR) is 93.0 cm³/mol. The Morgan fingerprint density at radius 3 is 2.38 bits per heavy atom. The quantitative estimate of drug-likeness (QED) is 0.572. The average molecular weight is 385 g/mol. The van der Waals surface area contributed by atoms with Gasteiger partial charge in [-0.25, -0.2) is 4.79 Å². The smallest absolute Gasteiger partial charge is 0.334 e. The molecule has 26 heavy (non-hydrogen) atoms. The molecule has 8 nitrogen and oxygen atoms in total. The first-order valence-electron chi connectivity index (χ1n) is 8.09. The van der Waals surface area contributed by atoms with Gasteiger partial charge in [-0.2, -0.15) is 8.42 Å². The maximum absolute atomic E-state index is 12.6. The summed E-state index contributed by atoms with van der Waals surface area (Å²) in [6.45, 7) is 0. The molecule has 3 atom stereocenters. The fraction of sp³-hybridized carbons (Fsp3) is 0.529. The van der Waals surface area contributed by atoms with E-state index in [1.807, 2.05) is 0 Å². The first-order valence-corrected chi connectivity index (χ1v) is 9.90. The SMILES string of the molecule is COC(=O)[C@]1(NC(=O)c2ccccc2)CC[C@H](OS(C)(=O)=O)C[C@@H]1OC. The van der Waals surface area contributed by atoms with Crippen LogP contribution < -0.4 is 5.32 Å². The van der Waals surface area contributed by atoms with E-state index >= 15 is 0 Å². The van der Waals surface area contributed by atoms with E-state index in [-0.39, 0.29) is 19.3 Å². The second kappa shape index (κ2) is 8.15. The molecule has 9 heteroatoms. The van der Waals surface area contributed by atoms with Crippen LogP contribution in [-0.4, -0.2) is 58.5 Å². The average Bonchev–Trinajstić information content (AvgIpc) is 2.61. The van der Waals surface area contributed by atoms with Crippen molar-refractivity contribution in [3.63, 3.8) is 0 Å². The van der Waals surface area contributed by atoms with Crippen LogP contribution in [0.4, 0.5) is 0 Å². The van der Waals surface area contributed by atoms with Crippen molar-refractivity contribution in [2.75, 3.05) is 20.5 Å². The van der Waals surface area contributed by atoms with Crippen LogP contribution in [0.3, 0.4) is 0 Å². The van der Waals surface area contributed by atoms with Crippen molar-refractivity contribution in [2.45, 2.75) is 37.0 Å². The van der Waals surface area contributed by atoms with Crippen LogP contribution in [0.5, 0.6) is 0 Å². The zero-order valence-electron chi connectivity index (χ0n) is 14.9. The van der Waals surface area contributed by atoms with Crippen LogP contribution in [0.1, 0.15) is 29.6 Å². The molecule has 1 aliphatic rings. The summed E-state index contributed by atoms with van der Waals surface area (Å²) in [7, 11) is -1.03. The summed E-state index contributed by atoms with van der Waals surface area (Å²) in [4.78, 5) is 25.1. The third-order valence-electron chi connectivity index (χ3n) is 4.40. The molecular formula is C17H23NO7S. The lowest BCUT2D eigenvalue weighted by Crippen LogP contribution is -2.65. The van der Waals surface area contributed by atoms with E-state index in [0.717, 1.165) is 6.26 Å². The highest BCUT2D eigenvalue weighted by Gasteiger charge is 2.52. The Kier molecular flexibility index (Phi) is 6.38. The Hall–Kier alpha value is -1.97. The van der Waals surface area contributed by atoms with E-state index in [2.05, 4.69) is 5.32 Å². The van der Waals surface area contributed by atoms with Gasteiger partial charge in [0.05, 0.1) is 25.6 Å². The Bertz CT molecular complexity index is 750. The fourth-order valence-electron chi connectivity index (χ4n) is 3.21. The molecule has 1 amide bonds. The molecule has 0 saturated heterocycles. The number of nitrogens with one attached hydrogen (secondary N) is 1. The molecule has 1 aromatic rings. The molecule has 1 saturated carbocycles. The number of carbonyl (C=O) groups excluding carboxylic acids is 2. The van der Waals surface area contributed by atoms with Crippen LogP contribution >= 0.6 is 0 Å². The number of carbonyl (C=O) groups is 2. The largest absolute Gasteiger partial charge is 0.467 e. The minimum absolute atomic E-state index is 0.119. The lowest BCUT2D eigenvalue weighted by molar-refractivity contribution is -0.159. The first kappa shape index (κ1) is 20.3. The number of esters is 1. The summed E-state index contributed by atoms with van der Waals surface area (Å²) in [6, 6.07) is 8.45. The lowest BCUT2D eigenvalue weighted by atomic mass is 9.77. The van der Waals surface area contributed by atoms with Gasteiger partial charge in [0.15, 0.2) is 5.54 Å². The molecule has 0 aliphatic heterocycles. The van der Waals surface area contributed by atoms with Crippen molar-refractivity contribution < 1.29 is 31.7 Å². The lowest BCUT2D eigenvalue weighted by Gasteiger charge is -2.43. The van der Waals surface area contributed by atoms with Gasteiger partial charge in [-0.1, -0.05) is 18.2 Å². The van der Waals surface area contributed by atoms with E-state index in [9.17, 15) is 18.0 Å². The Balaban J connectivity index is 2.28. The Morgan fingerprint density at radius 1 is 1.19 bits per heavy atom. The van der Waals surface area contributed by atoms with Crippen LogP contribution in [-0.2, 0) is 28.6 Å². The van der Waals surface area contributed by atoms with Gasteiger partial charge in [0.25, 0.3) is 16.0 Å². The molecule has 0 heterocycles. The molecule has 144 valence electrons. The third kappa shape index (κ3) is 4.60. The number of ether oxygens (including phenoxy) is 2.